The topological polar surface area (TPSA) is 75.4 Å². The Labute approximate surface area is 97.4 Å². The highest BCUT2D eigenvalue weighted by molar-refractivity contribution is 5.85. The van der Waals surface area contributed by atoms with Crippen molar-refractivity contribution in [2.75, 3.05) is 26.7 Å². The van der Waals surface area contributed by atoms with E-state index in [1.54, 1.807) is 11.9 Å². The Morgan fingerprint density at radius 2 is 1.94 bits per heavy atom. The minimum absolute atomic E-state index is 0.0480. The number of rotatable bonds is 6. The van der Waals surface area contributed by atoms with E-state index in [1.807, 2.05) is 20.8 Å². The maximum absolute atomic E-state index is 11.7. The zero-order chi connectivity index (χ0) is 12.7. The van der Waals surface area contributed by atoms with Gasteiger partial charge in [-0.1, -0.05) is 13.8 Å². The molecule has 0 aliphatic rings. The maximum atomic E-state index is 11.7. The number of nitrogens with one attached hydrogen (secondary N) is 1. The highest BCUT2D eigenvalue weighted by Crippen LogP contribution is 2.08. The lowest BCUT2D eigenvalue weighted by Crippen LogP contribution is -2.43. The Hall–Kier alpha value is -1.10. The molecular weight excluding hydrogens is 206 g/mol. The first kappa shape index (κ1) is 14.9. The fraction of sp³-hybridized carbons (Fsp3) is 0.818. The molecule has 0 radical (unpaired) electrons. The predicted octanol–water partition coefficient (Wildman–Crippen LogP) is -0.188. The summed E-state index contributed by atoms with van der Waals surface area (Å²) in [6, 6.07) is 0. The van der Waals surface area contributed by atoms with Gasteiger partial charge in [0.05, 0.1) is 12.5 Å². The molecule has 0 heterocycles. The van der Waals surface area contributed by atoms with Gasteiger partial charge in [-0.2, -0.15) is 0 Å². The van der Waals surface area contributed by atoms with E-state index in [1.165, 1.54) is 0 Å². The third-order valence-electron chi connectivity index (χ3n) is 2.71. The second-order valence-electron chi connectivity index (χ2n) is 4.21. The molecule has 1 unspecified atom stereocenters. The molecule has 0 spiro atoms. The molecule has 0 aliphatic heterocycles. The average molecular weight is 229 g/mol. The largest absolute Gasteiger partial charge is 0.347 e. The molecule has 0 aromatic rings. The van der Waals surface area contributed by atoms with Crippen molar-refractivity contribution in [3.63, 3.8) is 0 Å². The van der Waals surface area contributed by atoms with E-state index in [0.29, 0.717) is 13.1 Å². The van der Waals surface area contributed by atoms with Gasteiger partial charge in [0.1, 0.15) is 0 Å². The van der Waals surface area contributed by atoms with Gasteiger partial charge >= 0.3 is 0 Å². The van der Waals surface area contributed by atoms with Gasteiger partial charge in [0.25, 0.3) is 0 Å². The van der Waals surface area contributed by atoms with E-state index in [-0.39, 0.29) is 30.2 Å². The molecule has 0 fully saturated rings. The highest BCUT2D eigenvalue weighted by atomic mass is 16.2. The van der Waals surface area contributed by atoms with Gasteiger partial charge in [-0.05, 0) is 12.8 Å². The van der Waals surface area contributed by atoms with E-state index >= 15 is 0 Å². The third kappa shape index (κ3) is 4.61. The summed E-state index contributed by atoms with van der Waals surface area (Å²) in [6.07, 6.45) is 0. The van der Waals surface area contributed by atoms with Crippen LogP contribution >= 0.6 is 0 Å². The van der Waals surface area contributed by atoms with Gasteiger partial charge in [-0.3, -0.25) is 9.59 Å². The van der Waals surface area contributed by atoms with Gasteiger partial charge in [-0.25, -0.2) is 0 Å². The van der Waals surface area contributed by atoms with Crippen LogP contribution in [0.25, 0.3) is 0 Å². The zero-order valence-corrected chi connectivity index (χ0v) is 10.6. The maximum Gasteiger partial charge on any atom is 0.241 e. The Balaban J connectivity index is 4.11. The summed E-state index contributed by atoms with van der Waals surface area (Å²) >= 11 is 0. The van der Waals surface area contributed by atoms with E-state index < -0.39 is 0 Å². The van der Waals surface area contributed by atoms with Gasteiger partial charge < -0.3 is 16.0 Å². The minimum atomic E-state index is -0.222. The molecule has 5 nitrogen and oxygen atoms in total. The molecule has 0 saturated heterocycles. The average Bonchev–Trinajstić information content (AvgIpc) is 2.25. The number of hydrogen-bond acceptors (Lipinski definition) is 3. The van der Waals surface area contributed by atoms with Crippen molar-refractivity contribution >= 4 is 11.8 Å². The smallest absolute Gasteiger partial charge is 0.241 e. The number of carbonyl (C=O) groups excluding carboxylic acids is 2. The predicted molar refractivity (Wildman–Crippen MR) is 63.7 cm³/mol. The molecule has 0 aromatic heterocycles. The lowest BCUT2D eigenvalue weighted by molar-refractivity contribution is -0.133. The van der Waals surface area contributed by atoms with Crippen molar-refractivity contribution in [1.82, 2.24) is 10.2 Å². The molecule has 16 heavy (non-hydrogen) atoms. The first-order valence-electron chi connectivity index (χ1n) is 5.65. The molecule has 2 amide bonds. The third-order valence-corrected chi connectivity index (χ3v) is 2.71. The number of likely N-dealkylation sites (N-methyl/N-ethyl adjacent to an activating group) is 1. The van der Waals surface area contributed by atoms with Gasteiger partial charge in [0, 0.05) is 20.1 Å². The van der Waals surface area contributed by atoms with E-state index in [9.17, 15) is 9.59 Å². The molecule has 0 bridgehead atoms. The summed E-state index contributed by atoms with van der Waals surface area (Å²) in [5.74, 6) is -0.269. The van der Waals surface area contributed by atoms with E-state index in [0.717, 1.165) is 0 Å². The molecule has 3 N–H and O–H groups in total. The molecule has 0 saturated carbocycles. The number of amides is 2. The van der Waals surface area contributed by atoms with Crippen LogP contribution in [0.2, 0.25) is 0 Å². The summed E-state index contributed by atoms with van der Waals surface area (Å²) in [5.41, 5.74) is 5.51. The van der Waals surface area contributed by atoms with Crippen LogP contribution in [0, 0.1) is 11.8 Å². The Morgan fingerprint density at radius 1 is 1.38 bits per heavy atom. The lowest BCUT2D eigenvalue weighted by Gasteiger charge is -2.19. The zero-order valence-electron chi connectivity index (χ0n) is 10.6. The standard InChI is InChI=1S/C11H23N3O2/c1-5-14(4)10(15)7-13-11(16)9(6-12)8(2)3/h8-9H,5-7,12H2,1-4H3,(H,13,16). The van der Waals surface area contributed by atoms with E-state index in [2.05, 4.69) is 5.32 Å². The minimum Gasteiger partial charge on any atom is -0.347 e. The summed E-state index contributed by atoms with van der Waals surface area (Å²) in [4.78, 5) is 24.7. The molecular formula is C11H23N3O2. The first-order valence-corrected chi connectivity index (χ1v) is 5.65. The fourth-order valence-corrected chi connectivity index (χ4v) is 1.29. The van der Waals surface area contributed by atoms with Crippen LogP contribution in [0.4, 0.5) is 0 Å². The van der Waals surface area contributed by atoms with Crippen molar-refractivity contribution in [1.29, 1.82) is 0 Å². The van der Waals surface area contributed by atoms with Crippen LogP contribution in [-0.2, 0) is 9.59 Å². The van der Waals surface area contributed by atoms with Crippen LogP contribution in [-0.4, -0.2) is 43.4 Å². The lowest BCUT2D eigenvalue weighted by atomic mass is 9.95. The van der Waals surface area contributed by atoms with Crippen LogP contribution in [0.3, 0.4) is 0 Å². The molecule has 1 atom stereocenters. The van der Waals surface area contributed by atoms with Crippen molar-refractivity contribution < 1.29 is 9.59 Å². The van der Waals surface area contributed by atoms with Gasteiger partial charge in [0.15, 0.2) is 0 Å². The highest BCUT2D eigenvalue weighted by Gasteiger charge is 2.21. The summed E-state index contributed by atoms with van der Waals surface area (Å²) < 4.78 is 0. The quantitative estimate of drug-likeness (QED) is 0.663. The Morgan fingerprint density at radius 3 is 2.31 bits per heavy atom. The number of nitrogens with two attached hydrogens (primary N) is 1. The SMILES string of the molecule is CCN(C)C(=O)CNC(=O)C(CN)C(C)C. The summed E-state index contributed by atoms with van der Waals surface area (Å²) in [7, 11) is 1.71. The molecule has 5 heteroatoms. The molecule has 0 aromatic carbocycles. The van der Waals surface area contributed by atoms with Crippen molar-refractivity contribution in [3.8, 4) is 0 Å². The van der Waals surface area contributed by atoms with Crippen molar-refractivity contribution in [2.24, 2.45) is 17.6 Å². The Bertz CT molecular complexity index is 241. The van der Waals surface area contributed by atoms with E-state index in [4.69, 9.17) is 5.73 Å². The summed E-state index contributed by atoms with van der Waals surface area (Å²) in [5, 5.41) is 2.62. The monoisotopic (exact) mass is 229 g/mol. The van der Waals surface area contributed by atoms with Gasteiger partial charge in [0.2, 0.25) is 11.8 Å². The molecule has 94 valence electrons. The van der Waals surface area contributed by atoms with Crippen LogP contribution < -0.4 is 11.1 Å². The fourth-order valence-electron chi connectivity index (χ4n) is 1.29. The normalized spacial score (nSPS) is 12.4. The second-order valence-corrected chi connectivity index (χ2v) is 4.21. The molecule has 0 aliphatic carbocycles. The first-order chi connectivity index (χ1) is 7.43. The number of carbonyl (C=O) groups is 2. The van der Waals surface area contributed by atoms with Crippen LogP contribution in [0.5, 0.6) is 0 Å². The second kappa shape index (κ2) is 7.22. The van der Waals surface area contributed by atoms with Gasteiger partial charge in [-0.15, -0.1) is 0 Å². The Kier molecular flexibility index (Phi) is 6.72. The van der Waals surface area contributed by atoms with Crippen LogP contribution in [0.15, 0.2) is 0 Å². The van der Waals surface area contributed by atoms with Crippen molar-refractivity contribution in [2.45, 2.75) is 20.8 Å². The number of hydrogen-bond donors (Lipinski definition) is 2. The number of nitrogens with zero attached hydrogens (tertiary/aromatic N) is 1. The molecule has 0 rings (SSSR count). The van der Waals surface area contributed by atoms with Crippen LogP contribution in [0.1, 0.15) is 20.8 Å². The summed E-state index contributed by atoms with van der Waals surface area (Å²) in [6.45, 7) is 6.76. The van der Waals surface area contributed by atoms with Crippen molar-refractivity contribution in [3.05, 3.63) is 0 Å².